The Bertz CT molecular complexity index is 1170. The fourth-order valence-corrected chi connectivity index (χ4v) is 6.34. The molecule has 0 N–H and O–H groups in total. The monoisotopic (exact) mass is 434 g/mol. The van der Waals surface area contributed by atoms with Gasteiger partial charge in [-0.1, -0.05) is 0 Å². The Balaban J connectivity index is 1.51. The molecular weight excluding hydrogens is 412 g/mol. The SMILES string of the molecule is COc1ccc2oc(C(=O)N3CCN(S(=O)(=O)c4ccc(C)s4)CC3)c(C)c2c1. The first kappa shape index (κ1) is 19.9. The number of piperazine rings is 1. The van der Waals surface area contributed by atoms with Crippen molar-refractivity contribution in [2.75, 3.05) is 33.3 Å². The van der Waals surface area contributed by atoms with Crippen LogP contribution in [0.4, 0.5) is 0 Å². The van der Waals surface area contributed by atoms with Crippen LogP contribution in [0.15, 0.2) is 39.0 Å². The van der Waals surface area contributed by atoms with Crippen molar-refractivity contribution in [3.05, 3.63) is 46.5 Å². The molecule has 0 atom stereocenters. The number of fused-ring (bicyclic) bond motifs is 1. The summed E-state index contributed by atoms with van der Waals surface area (Å²) in [5.74, 6) is 0.767. The summed E-state index contributed by atoms with van der Waals surface area (Å²) in [5.41, 5.74) is 1.38. The highest BCUT2D eigenvalue weighted by Crippen LogP contribution is 2.30. The minimum atomic E-state index is -3.51. The molecule has 1 aliphatic heterocycles. The lowest BCUT2D eigenvalue weighted by molar-refractivity contribution is 0.0667. The van der Waals surface area contributed by atoms with Gasteiger partial charge in [0.2, 0.25) is 0 Å². The van der Waals surface area contributed by atoms with Crippen molar-refractivity contribution in [2.45, 2.75) is 18.1 Å². The molecule has 7 nitrogen and oxygen atoms in total. The highest BCUT2D eigenvalue weighted by molar-refractivity contribution is 7.91. The van der Waals surface area contributed by atoms with Crippen molar-refractivity contribution in [1.29, 1.82) is 0 Å². The lowest BCUT2D eigenvalue weighted by Gasteiger charge is -2.33. The number of hydrogen-bond donors (Lipinski definition) is 0. The van der Waals surface area contributed by atoms with Crippen LogP contribution in [-0.4, -0.2) is 56.8 Å². The Kier molecular flexibility index (Phi) is 5.14. The zero-order valence-corrected chi connectivity index (χ0v) is 18.1. The van der Waals surface area contributed by atoms with Gasteiger partial charge in [-0.15, -0.1) is 11.3 Å². The molecule has 0 saturated carbocycles. The highest BCUT2D eigenvalue weighted by Gasteiger charge is 2.32. The molecule has 1 amide bonds. The molecule has 154 valence electrons. The van der Waals surface area contributed by atoms with E-state index < -0.39 is 10.0 Å². The van der Waals surface area contributed by atoms with Gasteiger partial charge in [0.1, 0.15) is 15.5 Å². The molecule has 9 heteroatoms. The van der Waals surface area contributed by atoms with Gasteiger partial charge in [-0.25, -0.2) is 8.42 Å². The van der Waals surface area contributed by atoms with E-state index in [2.05, 4.69) is 0 Å². The molecular formula is C20H22N2O5S2. The molecule has 0 radical (unpaired) electrons. The molecule has 0 bridgehead atoms. The maximum atomic E-state index is 13.0. The van der Waals surface area contributed by atoms with Crippen LogP contribution in [0.5, 0.6) is 5.75 Å². The second-order valence-corrected chi connectivity index (χ2v) is 10.4. The number of sulfonamides is 1. The Morgan fingerprint density at radius 3 is 2.45 bits per heavy atom. The van der Waals surface area contributed by atoms with E-state index in [9.17, 15) is 13.2 Å². The van der Waals surface area contributed by atoms with Gasteiger partial charge in [0.05, 0.1) is 7.11 Å². The van der Waals surface area contributed by atoms with Gasteiger partial charge in [-0.2, -0.15) is 4.31 Å². The normalized spacial score (nSPS) is 15.8. The average Bonchev–Trinajstić information content (AvgIpc) is 3.31. The number of nitrogens with zero attached hydrogens (tertiary/aromatic N) is 2. The minimum Gasteiger partial charge on any atom is -0.497 e. The number of ether oxygens (including phenoxy) is 1. The van der Waals surface area contributed by atoms with Gasteiger partial charge >= 0.3 is 0 Å². The molecule has 0 unspecified atom stereocenters. The van der Waals surface area contributed by atoms with Gasteiger partial charge in [-0.3, -0.25) is 4.79 Å². The Labute approximate surface area is 173 Å². The van der Waals surface area contributed by atoms with E-state index >= 15 is 0 Å². The van der Waals surface area contributed by atoms with Crippen LogP contribution < -0.4 is 4.74 Å². The summed E-state index contributed by atoms with van der Waals surface area (Å²) in [6.07, 6.45) is 0. The second kappa shape index (κ2) is 7.47. The average molecular weight is 435 g/mol. The quantitative estimate of drug-likeness (QED) is 0.630. The second-order valence-electron chi connectivity index (χ2n) is 6.98. The minimum absolute atomic E-state index is 0.221. The van der Waals surface area contributed by atoms with Crippen molar-refractivity contribution < 1.29 is 22.4 Å². The molecule has 1 aromatic carbocycles. The molecule has 1 fully saturated rings. The zero-order valence-electron chi connectivity index (χ0n) is 16.5. The molecule has 1 aliphatic rings. The molecule has 3 heterocycles. The van der Waals surface area contributed by atoms with E-state index in [4.69, 9.17) is 9.15 Å². The van der Waals surface area contributed by atoms with Crippen molar-refractivity contribution in [2.24, 2.45) is 0 Å². The molecule has 0 aliphatic carbocycles. The number of thiophene rings is 1. The molecule has 4 rings (SSSR count). The first-order valence-electron chi connectivity index (χ1n) is 9.24. The number of amides is 1. The number of furan rings is 1. The van der Waals surface area contributed by atoms with Crippen LogP contribution in [0, 0.1) is 13.8 Å². The topological polar surface area (TPSA) is 80.1 Å². The Morgan fingerprint density at radius 2 is 1.83 bits per heavy atom. The number of carbonyl (C=O) groups is 1. The number of aryl methyl sites for hydroxylation is 2. The molecule has 2 aromatic heterocycles. The van der Waals surface area contributed by atoms with Gasteiger partial charge in [0.15, 0.2) is 5.76 Å². The third-order valence-corrected chi connectivity index (χ3v) is 8.54. The summed E-state index contributed by atoms with van der Waals surface area (Å²) in [5, 5.41) is 0.835. The maximum Gasteiger partial charge on any atom is 0.289 e. The third kappa shape index (κ3) is 3.54. The fraction of sp³-hybridized carbons (Fsp3) is 0.350. The number of methoxy groups -OCH3 is 1. The van der Waals surface area contributed by atoms with E-state index in [1.165, 1.54) is 15.6 Å². The zero-order chi connectivity index (χ0) is 20.8. The number of carbonyl (C=O) groups excluding carboxylic acids is 1. The maximum absolute atomic E-state index is 13.0. The number of hydrogen-bond acceptors (Lipinski definition) is 6. The van der Waals surface area contributed by atoms with Crippen LogP contribution in [0.3, 0.4) is 0 Å². The van der Waals surface area contributed by atoms with Crippen LogP contribution in [-0.2, 0) is 10.0 Å². The largest absolute Gasteiger partial charge is 0.497 e. The van der Waals surface area contributed by atoms with Gasteiger partial charge in [-0.05, 0) is 44.2 Å². The van der Waals surface area contributed by atoms with E-state index in [0.29, 0.717) is 34.4 Å². The lowest BCUT2D eigenvalue weighted by Crippen LogP contribution is -2.50. The number of benzene rings is 1. The first-order valence-corrected chi connectivity index (χ1v) is 11.5. The molecule has 1 saturated heterocycles. The van der Waals surface area contributed by atoms with Crippen molar-refractivity contribution in [3.8, 4) is 5.75 Å². The first-order chi connectivity index (χ1) is 13.8. The van der Waals surface area contributed by atoms with Crippen LogP contribution in [0.2, 0.25) is 0 Å². The van der Waals surface area contributed by atoms with Crippen molar-refractivity contribution in [3.63, 3.8) is 0 Å². The van der Waals surface area contributed by atoms with Gasteiger partial charge < -0.3 is 14.1 Å². The smallest absolute Gasteiger partial charge is 0.289 e. The van der Waals surface area contributed by atoms with Gasteiger partial charge in [0.25, 0.3) is 15.9 Å². The summed E-state index contributed by atoms with van der Waals surface area (Å²) in [4.78, 5) is 15.6. The highest BCUT2D eigenvalue weighted by atomic mass is 32.2. The predicted octanol–water partition coefficient (Wildman–Crippen LogP) is 3.27. The van der Waals surface area contributed by atoms with Crippen molar-refractivity contribution >= 4 is 38.2 Å². The summed E-state index contributed by atoms with van der Waals surface area (Å²) in [6.45, 7) is 4.89. The Hall–Kier alpha value is -2.36. The van der Waals surface area contributed by atoms with Gasteiger partial charge in [0, 0.05) is 42.0 Å². The van der Waals surface area contributed by atoms with E-state index in [1.54, 1.807) is 36.3 Å². The summed E-state index contributed by atoms with van der Waals surface area (Å²) in [6, 6.07) is 8.86. The summed E-state index contributed by atoms with van der Waals surface area (Å²) < 4.78 is 38.4. The Morgan fingerprint density at radius 1 is 1.10 bits per heavy atom. The van der Waals surface area contributed by atoms with E-state index in [0.717, 1.165) is 15.8 Å². The third-order valence-electron chi connectivity index (χ3n) is 5.17. The number of rotatable bonds is 4. The lowest BCUT2D eigenvalue weighted by atomic mass is 10.1. The fourth-order valence-electron chi connectivity index (χ4n) is 3.48. The standard InChI is InChI=1S/C20H22N2O5S2/c1-13-4-7-18(28-13)29(24,25)22-10-8-21(9-11-22)20(23)19-14(2)16-12-15(26-3)5-6-17(16)27-19/h4-7,12H,8-11H2,1-3H3. The molecule has 3 aromatic rings. The summed E-state index contributed by atoms with van der Waals surface area (Å²) in [7, 11) is -1.92. The van der Waals surface area contributed by atoms with E-state index in [1.807, 2.05) is 19.9 Å². The van der Waals surface area contributed by atoms with Crippen LogP contribution >= 0.6 is 11.3 Å². The van der Waals surface area contributed by atoms with E-state index in [-0.39, 0.29) is 19.0 Å². The predicted molar refractivity (Wildman–Crippen MR) is 111 cm³/mol. The summed E-state index contributed by atoms with van der Waals surface area (Å²) >= 11 is 1.26. The van der Waals surface area contributed by atoms with Crippen LogP contribution in [0.25, 0.3) is 11.0 Å². The van der Waals surface area contributed by atoms with Crippen molar-refractivity contribution in [1.82, 2.24) is 9.21 Å². The molecule has 29 heavy (non-hydrogen) atoms. The molecule has 0 spiro atoms. The van der Waals surface area contributed by atoms with Crippen LogP contribution in [0.1, 0.15) is 21.0 Å².